The fourth-order valence-electron chi connectivity index (χ4n) is 2.38. The molecule has 0 saturated carbocycles. The highest BCUT2D eigenvalue weighted by Crippen LogP contribution is 2.22. The first kappa shape index (κ1) is 18.3. The van der Waals surface area contributed by atoms with Crippen LogP contribution in [-0.4, -0.2) is 20.7 Å². The molecule has 1 N–H and O–H groups in total. The van der Waals surface area contributed by atoms with Gasteiger partial charge in [-0.3, -0.25) is 14.6 Å². The van der Waals surface area contributed by atoms with E-state index in [9.17, 15) is 9.59 Å². The van der Waals surface area contributed by atoms with Gasteiger partial charge in [0.2, 0.25) is 0 Å². The van der Waals surface area contributed by atoms with Gasteiger partial charge < -0.3 is 10.1 Å². The number of benzene rings is 1. The van der Waals surface area contributed by atoms with E-state index >= 15 is 0 Å². The van der Waals surface area contributed by atoms with E-state index in [0.29, 0.717) is 23.7 Å². The summed E-state index contributed by atoms with van der Waals surface area (Å²) in [5, 5.41) is 6.91. The summed E-state index contributed by atoms with van der Waals surface area (Å²) >= 11 is 0. The molecule has 0 aliphatic carbocycles. The Morgan fingerprint density at radius 1 is 1.04 bits per heavy atom. The van der Waals surface area contributed by atoms with Gasteiger partial charge in [0, 0.05) is 30.7 Å². The predicted molar refractivity (Wildman–Crippen MR) is 102 cm³/mol. The number of unbranched alkanes of at least 4 members (excludes halogenated alkanes) is 1. The first-order valence-electron chi connectivity index (χ1n) is 8.73. The minimum Gasteiger partial charge on any atom is -0.457 e. The average molecular weight is 364 g/mol. The molecular weight excluding hydrogens is 344 g/mol. The molecule has 27 heavy (non-hydrogen) atoms. The standard InChI is InChI=1S/C20H20N4O3/c1-2-3-14-24-19(25)9-8-18(23-24)20(26)22-15-4-6-16(7-5-15)27-17-10-12-21-13-11-17/h4-13H,2-3,14H2,1H3,(H,22,26). The van der Waals surface area contributed by atoms with Crippen LogP contribution in [0.25, 0.3) is 0 Å². The van der Waals surface area contributed by atoms with Crippen molar-refractivity contribution in [3.63, 3.8) is 0 Å². The summed E-state index contributed by atoms with van der Waals surface area (Å²) < 4.78 is 7.01. The fraction of sp³-hybridized carbons (Fsp3) is 0.200. The molecule has 0 fully saturated rings. The highest BCUT2D eigenvalue weighted by atomic mass is 16.5. The van der Waals surface area contributed by atoms with Gasteiger partial charge in [0.15, 0.2) is 0 Å². The van der Waals surface area contributed by atoms with Gasteiger partial charge in [-0.2, -0.15) is 5.10 Å². The summed E-state index contributed by atoms with van der Waals surface area (Å²) in [6, 6.07) is 13.3. The fourth-order valence-corrected chi connectivity index (χ4v) is 2.38. The zero-order valence-corrected chi connectivity index (χ0v) is 15.0. The molecule has 7 heteroatoms. The normalized spacial score (nSPS) is 10.4. The van der Waals surface area contributed by atoms with Crippen LogP contribution in [-0.2, 0) is 6.54 Å². The van der Waals surface area contributed by atoms with Crippen LogP contribution < -0.4 is 15.6 Å². The molecule has 7 nitrogen and oxygen atoms in total. The van der Waals surface area contributed by atoms with Crippen LogP contribution >= 0.6 is 0 Å². The van der Waals surface area contributed by atoms with E-state index in [2.05, 4.69) is 15.4 Å². The van der Waals surface area contributed by atoms with Crippen molar-refractivity contribution in [1.82, 2.24) is 14.8 Å². The van der Waals surface area contributed by atoms with Crippen molar-refractivity contribution >= 4 is 11.6 Å². The first-order valence-corrected chi connectivity index (χ1v) is 8.73. The lowest BCUT2D eigenvalue weighted by atomic mass is 10.3. The third-order valence-electron chi connectivity index (χ3n) is 3.82. The van der Waals surface area contributed by atoms with Gasteiger partial charge in [0.25, 0.3) is 11.5 Å². The van der Waals surface area contributed by atoms with Crippen LogP contribution in [0.15, 0.2) is 65.7 Å². The van der Waals surface area contributed by atoms with Crippen LogP contribution in [0, 0.1) is 0 Å². The number of carbonyl (C=O) groups is 1. The Labute approximate surface area is 156 Å². The summed E-state index contributed by atoms with van der Waals surface area (Å²) in [6.07, 6.45) is 5.07. The number of hydrogen-bond acceptors (Lipinski definition) is 5. The Balaban J connectivity index is 1.66. The Morgan fingerprint density at radius 2 is 1.74 bits per heavy atom. The van der Waals surface area contributed by atoms with Crippen molar-refractivity contribution in [2.75, 3.05) is 5.32 Å². The van der Waals surface area contributed by atoms with Crippen molar-refractivity contribution in [3.8, 4) is 11.5 Å². The lowest BCUT2D eigenvalue weighted by Gasteiger charge is -2.09. The number of ether oxygens (including phenoxy) is 1. The lowest BCUT2D eigenvalue weighted by Crippen LogP contribution is -2.26. The van der Waals surface area contributed by atoms with Gasteiger partial charge >= 0.3 is 0 Å². The largest absolute Gasteiger partial charge is 0.457 e. The maximum atomic E-state index is 12.4. The van der Waals surface area contributed by atoms with E-state index < -0.39 is 0 Å². The summed E-state index contributed by atoms with van der Waals surface area (Å²) in [6.45, 7) is 2.53. The van der Waals surface area contributed by atoms with Crippen LogP contribution in [0.4, 0.5) is 5.69 Å². The second-order valence-corrected chi connectivity index (χ2v) is 5.90. The molecule has 1 aromatic carbocycles. The maximum Gasteiger partial charge on any atom is 0.276 e. The van der Waals surface area contributed by atoms with Crippen LogP contribution in [0.1, 0.15) is 30.3 Å². The zero-order chi connectivity index (χ0) is 19.1. The van der Waals surface area contributed by atoms with E-state index in [1.54, 1.807) is 48.8 Å². The maximum absolute atomic E-state index is 12.4. The molecule has 0 atom stereocenters. The van der Waals surface area contributed by atoms with Gasteiger partial charge in [0.1, 0.15) is 17.2 Å². The second-order valence-electron chi connectivity index (χ2n) is 5.90. The number of hydrogen-bond donors (Lipinski definition) is 1. The SMILES string of the molecule is CCCCn1nc(C(=O)Nc2ccc(Oc3ccncc3)cc2)ccc1=O. The van der Waals surface area contributed by atoms with E-state index in [1.165, 1.54) is 16.8 Å². The molecule has 1 amide bonds. The number of nitrogens with one attached hydrogen (secondary N) is 1. The van der Waals surface area contributed by atoms with Crippen LogP contribution in [0.5, 0.6) is 11.5 Å². The van der Waals surface area contributed by atoms with Crippen LogP contribution in [0.3, 0.4) is 0 Å². The molecule has 138 valence electrons. The first-order chi connectivity index (χ1) is 13.2. The Kier molecular flexibility index (Phi) is 5.94. The average Bonchev–Trinajstić information content (AvgIpc) is 2.69. The number of anilines is 1. The number of aryl methyl sites for hydroxylation is 1. The number of pyridine rings is 1. The number of aromatic nitrogens is 3. The van der Waals surface area contributed by atoms with E-state index in [-0.39, 0.29) is 17.2 Å². The molecule has 0 spiro atoms. The second kappa shape index (κ2) is 8.75. The quantitative estimate of drug-likeness (QED) is 0.694. The number of carbonyl (C=O) groups excluding carboxylic acids is 1. The topological polar surface area (TPSA) is 86.1 Å². The van der Waals surface area contributed by atoms with Crippen molar-refractivity contribution in [2.24, 2.45) is 0 Å². The molecule has 0 saturated heterocycles. The van der Waals surface area contributed by atoms with Gasteiger partial charge in [-0.1, -0.05) is 13.3 Å². The summed E-state index contributed by atoms with van der Waals surface area (Å²) in [5.41, 5.74) is 0.593. The highest BCUT2D eigenvalue weighted by Gasteiger charge is 2.10. The molecule has 2 aromatic heterocycles. The van der Waals surface area contributed by atoms with E-state index in [0.717, 1.165) is 12.8 Å². The molecule has 0 aliphatic rings. The molecule has 3 rings (SSSR count). The molecule has 0 aliphatic heterocycles. The minimum atomic E-state index is -0.372. The molecular formula is C20H20N4O3. The predicted octanol–water partition coefficient (Wildman–Crippen LogP) is 3.48. The lowest BCUT2D eigenvalue weighted by molar-refractivity contribution is 0.101. The molecule has 0 radical (unpaired) electrons. The van der Waals surface area contributed by atoms with Gasteiger partial charge in [0.05, 0.1) is 0 Å². The van der Waals surface area contributed by atoms with Gasteiger partial charge in [-0.15, -0.1) is 0 Å². The monoisotopic (exact) mass is 364 g/mol. The number of rotatable bonds is 7. The Bertz CT molecular complexity index is 953. The Hall–Kier alpha value is -3.48. The van der Waals surface area contributed by atoms with Crippen molar-refractivity contribution < 1.29 is 9.53 Å². The third kappa shape index (κ3) is 5.01. The smallest absolute Gasteiger partial charge is 0.276 e. The van der Waals surface area contributed by atoms with Crippen LogP contribution in [0.2, 0.25) is 0 Å². The Morgan fingerprint density at radius 3 is 2.44 bits per heavy atom. The highest BCUT2D eigenvalue weighted by molar-refractivity contribution is 6.02. The molecule has 0 unspecified atom stereocenters. The summed E-state index contributed by atoms with van der Waals surface area (Å²) in [4.78, 5) is 28.1. The van der Waals surface area contributed by atoms with Gasteiger partial charge in [-0.05, 0) is 48.9 Å². The molecule has 0 bridgehead atoms. The summed E-state index contributed by atoms with van der Waals surface area (Å²) in [7, 11) is 0. The summed E-state index contributed by atoms with van der Waals surface area (Å²) in [5.74, 6) is 0.953. The zero-order valence-electron chi connectivity index (χ0n) is 15.0. The minimum absolute atomic E-state index is 0.197. The van der Waals surface area contributed by atoms with Crippen molar-refractivity contribution in [1.29, 1.82) is 0 Å². The van der Waals surface area contributed by atoms with E-state index in [1.807, 2.05) is 6.92 Å². The van der Waals surface area contributed by atoms with Crippen molar-refractivity contribution in [2.45, 2.75) is 26.3 Å². The third-order valence-corrected chi connectivity index (χ3v) is 3.82. The number of amides is 1. The van der Waals surface area contributed by atoms with Gasteiger partial charge in [-0.25, -0.2) is 4.68 Å². The van der Waals surface area contributed by atoms with Crippen molar-refractivity contribution in [3.05, 3.63) is 77.0 Å². The molecule has 3 aromatic rings. The van der Waals surface area contributed by atoms with E-state index in [4.69, 9.17) is 4.74 Å². The number of nitrogens with zero attached hydrogens (tertiary/aromatic N) is 3. The molecule has 2 heterocycles.